The highest BCUT2D eigenvalue weighted by atomic mass is 79.9. The fraction of sp³-hybridized carbons (Fsp3) is 0.667. The van der Waals surface area contributed by atoms with Crippen LogP contribution in [0.5, 0.6) is 0 Å². The summed E-state index contributed by atoms with van der Waals surface area (Å²) in [6.45, 7) is 5.63. The fourth-order valence-corrected chi connectivity index (χ4v) is 3.26. The molecule has 1 aliphatic carbocycles. The van der Waals surface area contributed by atoms with Crippen molar-refractivity contribution in [2.24, 2.45) is 5.92 Å². The molecule has 1 aromatic rings. The molecular weight excluding hydrogens is 302 g/mol. The van der Waals surface area contributed by atoms with E-state index in [1.165, 1.54) is 37.8 Å². The zero-order chi connectivity index (χ0) is 13.2. The second kappa shape index (κ2) is 5.80. The van der Waals surface area contributed by atoms with Crippen LogP contribution in [0.2, 0.25) is 0 Å². The van der Waals surface area contributed by atoms with Gasteiger partial charge in [-0.3, -0.25) is 0 Å². The Morgan fingerprint density at radius 1 is 1.32 bits per heavy atom. The Morgan fingerprint density at radius 3 is 2.68 bits per heavy atom. The van der Waals surface area contributed by atoms with Crippen molar-refractivity contribution in [3.05, 3.63) is 22.3 Å². The third-order valence-electron chi connectivity index (χ3n) is 4.20. The van der Waals surface area contributed by atoms with Crippen LogP contribution in [0.3, 0.4) is 0 Å². The van der Waals surface area contributed by atoms with E-state index in [1.54, 1.807) is 0 Å². The van der Waals surface area contributed by atoms with Gasteiger partial charge in [0.15, 0.2) is 0 Å². The molecule has 3 rings (SSSR count). The molecule has 1 saturated heterocycles. The predicted octanol–water partition coefficient (Wildman–Crippen LogP) is 3.12. The summed E-state index contributed by atoms with van der Waals surface area (Å²) < 4.78 is 1.06. The molecule has 4 heteroatoms. The first kappa shape index (κ1) is 13.4. The van der Waals surface area contributed by atoms with E-state index in [2.05, 4.69) is 44.1 Å². The number of piperidine rings is 1. The summed E-state index contributed by atoms with van der Waals surface area (Å²) in [5.74, 6) is 2.14. The van der Waals surface area contributed by atoms with E-state index >= 15 is 0 Å². The third kappa shape index (κ3) is 3.48. The van der Waals surface area contributed by atoms with E-state index in [4.69, 9.17) is 0 Å². The highest BCUT2D eigenvalue weighted by Crippen LogP contribution is 2.28. The molecule has 1 N–H and O–H groups in total. The lowest BCUT2D eigenvalue weighted by molar-refractivity contribution is 0.407. The number of aryl methyl sites for hydroxylation is 1. The number of nitrogens with zero attached hydrogens (tertiary/aromatic N) is 2. The molecule has 0 spiro atoms. The van der Waals surface area contributed by atoms with Gasteiger partial charge >= 0.3 is 0 Å². The normalized spacial score (nSPS) is 20.8. The summed E-state index contributed by atoms with van der Waals surface area (Å²) in [7, 11) is 0. The minimum absolute atomic E-state index is 0.715. The topological polar surface area (TPSA) is 28.2 Å². The van der Waals surface area contributed by atoms with Gasteiger partial charge < -0.3 is 10.2 Å². The van der Waals surface area contributed by atoms with Crippen LogP contribution in [-0.4, -0.2) is 30.7 Å². The number of nitrogens with one attached hydrogen (secondary N) is 1. The highest BCUT2D eigenvalue weighted by molar-refractivity contribution is 9.10. The summed E-state index contributed by atoms with van der Waals surface area (Å²) in [5, 5.41) is 3.72. The van der Waals surface area contributed by atoms with Crippen molar-refractivity contribution >= 4 is 21.7 Å². The summed E-state index contributed by atoms with van der Waals surface area (Å²) in [4.78, 5) is 7.00. The van der Waals surface area contributed by atoms with Gasteiger partial charge in [0.2, 0.25) is 0 Å². The number of halogens is 1. The van der Waals surface area contributed by atoms with Crippen LogP contribution in [-0.2, 0) is 0 Å². The molecule has 2 fully saturated rings. The molecule has 1 aromatic heterocycles. The van der Waals surface area contributed by atoms with E-state index in [1.807, 2.05) is 6.20 Å². The third-order valence-corrected chi connectivity index (χ3v) is 4.64. The average Bonchev–Trinajstić information content (AvgIpc) is 3.21. The molecule has 2 aliphatic rings. The van der Waals surface area contributed by atoms with Gasteiger partial charge in [-0.15, -0.1) is 0 Å². The van der Waals surface area contributed by atoms with Crippen molar-refractivity contribution in [2.75, 3.05) is 24.5 Å². The minimum atomic E-state index is 0.715. The molecular formula is C15H22BrN3. The van der Waals surface area contributed by atoms with Crippen LogP contribution in [0.4, 0.5) is 5.82 Å². The lowest BCUT2D eigenvalue weighted by Gasteiger charge is -2.34. The number of pyridine rings is 1. The van der Waals surface area contributed by atoms with Gasteiger partial charge in [-0.05, 0) is 72.6 Å². The van der Waals surface area contributed by atoms with Gasteiger partial charge in [-0.25, -0.2) is 4.98 Å². The van der Waals surface area contributed by atoms with Gasteiger partial charge in [0, 0.05) is 29.8 Å². The average molecular weight is 324 g/mol. The maximum Gasteiger partial charge on any atom is 0.131 e. The van der Waals surface area contributed by atoms with Crippen molar-refractivity contribution < 1.29 is 0 Å². The van der Waals surface area contributed by atoms with E-state index in [-0.39, 0.29) is 0 Å². The van der Waals surface area contributed by atoms with E-state index < -0.39 is 0 Å². The van der Waals surface area contributed by atoms with Crippen LogP contribution < -0.4 is 10.2 Å². The number of hydrogen-bond acceptors (Lipinski definition) is 3. The molecule has 0 atom stereocenters. The highest BCUT2D eigenvalue weighted by Gasteiger charge is 2.25. The van der Waals surface area contributed by atoms with E-state index in [9.17, 15) is 0 Å². The van der Waals surface area contributed by atoms with Gasteiger partial charge in [0.25, 0.3) is 0 Å². The van der Waals surface area contributed by atoms with Crippen LogP contribution in [0, 0.1) is 12.8 Å². The van der Waals surface area contributed by atoms with E-state index in [0.29, 0.717) is 6.04 Å². The Balaban J connectivity index is 1.53. The second-order valence-corrected chi connectivity index (χ2v) is 6.82. The van der Waals surface area contributed by atoms with Crippen LogP contribution in [0.25, 0.3) is 0 Å². The fourth-order valence-electron chi connectivity index (χ4n) is 2.82. The van der Waals surface area contributed by atoms with Crippen molar-refractivity contribution in [2.45, 2.75) is 38.6 Å². The molecule has 1 aliphatic heterocycles. The molecule has 2 heterocycles. The zero-order valence-electron chi connectivity index (χ0n) is 11.5. The van der Waals surface area contributed by atoms with Gasteiger partial charge in [-0.1, -0.05) is 0 Å². The van der Waals surface area contributed by atoms with Gasteiger partial charge in [0.1, 0.15) is 5.82 Å². The van der Waals surface area contributed by atoms with Crippen LogP contribution in [0.1, 0.15) is 31.2 Å². The molecule has 0 bridgehead atoms. The maximum atomic E-state index is 4.57. The number of rotatable bonds is 4. The van der Waals surface area contributed by atoms with Gasteiger partial charge in [-0.2, -0.15) is 0 Å². The molecule has 1 saturated carbocycles. The summed E-state index contributed by atoms with van der Waals surface area (Å²) in [5.41, 5.74) is 1.26. The molecule has 104 valence electrons. The number of anilines is 1. The van der Waals surface area contributed by atoms with Crippen LogP contribution in [0.15, 0.2) is 16.7 Å². The SMILES string of the molecule is Cc1cc(Br)cnc1N1CCC(NCC2CC2)CC1. The minimum Gasteiger partial charge on any atom is -0.356 e. The number of hydrogen-bond donors (Lipinski definition) is 1. The summed E-state index contributed by atoms with van der Waals surface area (Å²) >= 11 is 3.48. The molecule has 19 heavy (non-hydrogen) atoms. The van der Waals surface area contributed by atoms with Crippen LogP contribution >= 0.6 is 15.9 Å². The molecule has 0 amide bonds. The quantitative estimate of drug-likeness (QED) is 0.922. The van der Waals surface area contributed by atoms with Crippen molar-refractivity contribution in [1.29, 1.82) is 0 Å². The Labute approximate surface area is 123 Å². The predicted molar refractivity (Wildman–Crippen MR) is 82.6 cm³/mol. The molecule has 0 radical (unpaired) electrons. The lowest BCUT2D eigenvalue weighted by atomic mass is 10.0. The van der Waals surface area contributed by atoms with Crippen molar-refractivity contribution in [3.63, 3.8) is 0 Å². The van der Waals surface area contributed by atoms with Crippen molar-refractivity contribution in [3.8, 4) is 0 Å². The van der Waals surface area contributed by atoms with Gasteiger partial charge in [0.05, 0.1) is 0 Å². The monoisotopic (exact) mass is 323 g/mol. The van der Waals surface area contributed by atoms with E-state index in [0.717, 1.165) is 29.3 Å². The lowest BCUT2D eigenvalue weighted by Crippen LogP contribution is -2.43. The smallest absolute Gasteiger partial charge is 0.131 e. The zero-order valence-corrected chi connectivity index (χ0v) is 13.1. The molecule has 3 nitrogen and oxygen atoms in total. The summed E-state index contributed by atoms with van der Waals surface area (Å²) in [6, 6.07) is 2.87. The Morgan fingerprint density at radius 2 is 2.05 bits per heavy atom. The summed E-state index contributed by atoms with van der Waals surface area (Å²) in [6.07, 6.45) is 7.26. The largest absolute Gasteiger partial charge is 0.356 e. The Bertz CT molecular complexity index is 437. The first-order valence-corrected chi connectivity index (χ1v) is 8.12. The second-order valence-electron chi connectivity index (χ2n) is 5.91. The Hall–Kier alpha value is -0.610. The Kier molecular flexibility index (Phi) is 4.08. The maximum absolute atomic E-state index is 4.57. The molecule has 0 aromatic carbocycles. The first-order valence-electron chi connectivity index (χ1n) is 7.33. The van der Waals surface area contributed by atoms with Crippen molar-refractivity contribution in [1.82, 2.24) is 10.3 Å². The standard InChI is InChI=1S/C15H22BrN3/c1-11-8-13(16)10-18-15(11)19-6-4-14(5-7-19)17-9-12-2-3-12/h8,10,12,14,17H,2-7,9H2,1H3. The molecule has 0 unspecified atom stereocenters. The first-order chi connectivity index (χ1) is 9.22. The number of aromatic nitrogens is 1.